The number of carbonyl (C=O) groups excluding carboxylic acids is 1. The molecule has 1 amide bonds. The molecule has 3 rings (SSSR count). The highest BCUT2D eigenvalue weighted by Crippen LogP contribution is 2.25. The first-order chi connectivity index (χ1) is 11.1. The van der Waals surface area contributed by atoms with E-state index in [0.717, 1.165) is 6.42 Å². The third-order valence-electron chi connectivity index (χ3n) is 3.69. The number of nitrogens with zero attached hydrogens (tertiary/aromatic N) is 2. The maximum absolute atomic E-state index is 12.1. The van der Waals surface area contributed by atoms with Gasteiger partial charge in [-0.3, -0.25) is 14.1 Å². The first-order valence-corrected chi connectivity index (χ1v) is 8.99. The lowest BCUT2D eigenvalue weighted by Gasteiger charge is -2.28. The molecule has 2 aromatic rings. The molecule has 1 saturated heterocycles. The van der Waals surface area contributed by atoms with Crippen molar-refractivity contribution in [1.29, 1.82) is 0 Å². The molecular formula is C16H17N3O3S. The van der Waals surface area contributed by atoms with Gasteiger partial charge in [-0.05, 0) is 49.2 Å². The minimum atomic E-state index is -3.22. The Labute approximate surface area is 135 Å². The first-order valence-electron chi connectivity index (χ1n) is 7.38. The van der Waals surface area contributed by atoms with Crippen LogP contribution in [0, 0.1) is 0 Å². The molecule has 0 spiro atoms. The maximum Gasteiger partial charge on any atom is 0.257 e. The molecule has 1 aliphatic heterocycles. The Hall–Kier alpha value is -2.41. The van der Waals surface area contributed by atoms with Crippen LogP contribution in [0.5, 0.6) is 0 Å². The molecule has 0 aliphatic carbocycles. The molecule has 2 heterocycles. The molecule has 1 fully saturated rings. The highest BCUT2D eigenvalue weighted by Gasteiger charge is 2.25. The van der Waals surface area contributed by atoms with Crippen molar-refractivity contribution < 1.29 is 13.2 Å². The van der Waals surface area contributed by atoms with Crippen LogP contribution in [0.15, 0.2) is 48.8 Å². The molecule has 0 atom stereocenters. The highest BCUT2D eigenvalue weighted by molar-refractivity contribution is 7.92. The summed E-state index contributed by atoms with van der Waals surface area (Å²) in [7, 11) is -3.22. The van der Waals surface area contributed by atoms with Gasteiger partial charge in [0.1, 0.15) is 0 Å². The van der Waals surface area contributed by atoms with Gasteiger partial charge in [0.25, 0.3) is 5.91 Å². The zero-order chi connectivity index (χ0) is 16.3. The van der Waals surface area contributed by atoms with Crippen LogP contribution in [0.2, 0.25) is 0 Å². The van der Waals surface area contributed by atoms with Gasteiger partial charge in [-0.25, -0.2) is 8.42 Å². The van der Waals surface area contributed by atoms with Crippen molar-refractivity contribution in [3.05, 3.63) is 54.4 Å². The van der Waals surface area contributed by atoms with Crippen LogP contribution < -0.4 is 9.62 Å². The Bertz CT molecular complexity index is 789. The van der Waals surface area contributed by atoms with Crippen LogP contribution in [0.3, 0.4) is 0 Å². The van der Waals surface area contributed by atoms with E-state index in [-0.39, 0.29) is 11.7 Å². The normalized spacial score (nSPS) is 16.8. The summed E-state index contributed by atoms with van der Waals surface area (Å²) in [6, 6.07) is 10.2. The van der Waals surface area contributed by atoms with E-state index in [1.165, 1.54) is 10.5 Å². The maximum atomic E-state index is 12.1. The van der Waals surface area contributed by atoms with Gasteiger partial charge in [0, 0.05) is 24.6 Å². The molecule has 120 valence electrons. The zero-order valence-electron chi connectivity index (χ0n) is 12.5. The van der Waals surface area contributed by atoms with Crippen molar-refractivity contribution in [2.75, 3.05) is 21.9 Å². The number of aromatic nitrogens is 1. The minimum absolute atomic E-state index is 0.187. The van der Waals surface area contributed by atoms with Gasteiger partial charge >= 0.3 is 0 Å². The smallest absolute Gasteiger partial charge is 0.257 e. The van der Waals surface area contributed by atoms with E-state index < -0.39 is 10.0 Å². The molecule has 0 unspecified atom stereocenters. The summed E-state index contributed by atoms with van der Waals surface area (Å²) in [5.74, 6) is -0.0663. The minimum Gasteiger partial charge on any atom is -0.322 e. The molecule has 0 saturated carbocycles. The van der Waals surface area contributed by atoms with E-state index >= 15 is 0 Å². The van der Waals surface area contributed by atoms with Crippen molar-refractivity contribution in [3.63, 3.8) is 0 Å². The number of hydrogen-bond acceptors (Lipinski definition) is 4. The molecule has 23 heavy (non-hydrogen) atoms. The molecule has 0 radical (unpaired) electrons. The summed E-state index contributed by atoms with van der Waals surface area (Å²) in [4.78, 5) is 16.0. The standard InChI is InChI=1S/C16H17N3O3S/c20-16(13-4-3-9-17-12-13)18-14-5-7-15(8-6-14)19-10-1-2-11-23(19,21)22/h3-9,12H,1-2,10-11H2,(H,18,20). The molecular weight excluding hydrogens is 314 g/mol. The van der Waals surface area contributed by atoms with Gasteiger partial charge in [0.05, 0.1) is 17.0 Å². The van der Waals surface area contributed by atoms with Crippen molar-refractivity contribution >= 4 is 27.3 Å². The van der Waals surface area contributed by atoms with E-state index in [4.69, 9.17) is 0 Å². The molecule has 1 N–H and O–H groups in total. The van der Waals surface area contributed by atoms with Gasteiger partial charge in [-0.15, -0.1) is 0 Å². The predicted octanol–water partition coefficient (Wildman–Crippen LogP) is 2.26. The van der Waals surface area contributed by atoms with Crippen LogP contribution in [-0.4, -0.2) is 31.6 Å². The van der Waals surface area contributed by atoms with E-state index in [1.54, 1.807) is 42.6 Å². The number of nitrogens with one attached hydrogen (secondary N) is 1. The van der Waals surface area contributed by atoms with Gasteiger partial charge in [-0.2, -0.15) is 0 Å². The lowest BCUT2D eigenvalue weighted by atomic mass is 10.2. The van der Waals surface area contributed by atoms with Crippen molar-refractivity contribution in [1.82, 2.24) is 4.98 Å². The summed E-state index contributed by atoms with van der Waals surface area (Å²) >= 11 is 0. The quantitative estimate of drug-likeness (QED) is 0.935. The largest absolute Gasteiger partial charge is 0.322 e. The summed E-state index contributed by atoms with van der Waals surface area (Å²) < 4.78 is 25.6. The van der Waals surface area contributed by atoms with E-state index in [1.807, 2.05) is 0 Å². The molecule has 1 aromatic carbocycles. The molecule has 6 nitrogen and oxygen atoms in total. The molecule has 1 aromatic heterocycles. The number of carbonyl (C=O) groups is 1. The van der Waals surface area contributed by atoms with Gasteiger partial charge < -0.3 is 5.32 Å². The summed E-state index contributed by atoms with van der Waals surface area (Å²) in [5.41, 5.74) is 1.70. The number of pyridine rings is 1. The Kier molecular flexibility index (Phi) is 4.29. The van der Waals surface area contributed by atoms with Crippen LogP contribution >= 0.6 is 0 Å². The van der Waals surface area contributed by atoms with Crippen LogP contribution in [-0.2, 0) is 10.0 Å². The van der Waals surface area contributed by atoms with Gasteiger partial charge in [0.15, 0.2) is 0 Å². The third kappa shape index (κ3) is 3.50. The zero-order valence-corrected chi connectivity index (χ0v) is 13.3. The second kappa shape index (κ2) is 6.37. The van der Waals surface area contributed by atoms with Gasteiger partial charge in [-0.1, -0.05) is 0 Å². The fraction of sp³-hybridized carbons (Fsp3) is 0.250. The van der Waals surface area contributed by atoms with Crippen LogP contribution in [0.1, 0.15) is 23.2 Å². The topological polar surface area (TPSA) is 79.4 Å². The molecule has 7 heteroatoms. The van der Waals surface area contributed by atoms with E-state index in [9.17, 15) is 13.2 Å². The summed E-state index contributed by atoms with van der Waals surface area (Å²) in [6.45, 7) is 0.504. The lowest BCUT2D eigenvalue weighted by molar-refractivity contribution is 0.102. The van der Waals surface area contributed by atoms with Crippen molar-refractivity contribution in [2.45, 2.75) is 12.8 Å². The number of anilines is 2. The summed E-state index contributed by atoms with van der Waals surface area (Å²) in [6.07, 6.45) is 4.66. The van der Waals surface area contributed by atoms with E-state index in [2.05, 4.69) is 10.3 Å². The SMILES string of the molecule is O=C(Nc1ccc(N2CCCCS2(=O)=O)cc1)c1cccnc1. The first kappa shape index (κ1) is 15.5. The van der Waals surface area contributed by atoms with Gasteiger partial charge in [0.2, 0.25) is 10.0 Å². The van der Waals surface area contributed by atoms with Crippen LogP contribution in [0.4, 0.5) is 11.4 Å². The number of amides is 1. The molecule has 1 aliphatic rings. The summed E-state index contributed by atoms with van der Waals surface area (Å²) in [5, 5.41) is 2.76. The third-order valence-corrected chi connectivity index (χ3v) is 5.56. The Balaban J connectivity index is 1.74. The Morgan fingerprint density at radius 1 is 1.13 bits per heavy atom. The van der Waals surface area contributed by atoms with Crippen molar-refractivity contribution in [2.24, 2.45) is 0 Å². The Morgan fingerprint density at radius 2 is 1.91 bits per heavy atom. The number of hydrogen-bond donors (Lipinski definition) is 1. The average molecular weight is 331 g/mol. The van der Waals surface area contributed by atoms with E-state index in [0.29, 0.717) is 29.9 Å². The fourth-order valence-electron chi connectivity index (χ4n) is 2.49. The number of benzene rings is 1. The second-order valence-electron chi connectivity index (χ2n) is 5.34. The average Bonchev–Trinajstić information content (AvgIpc) is 2.56. The number of sulfonamides is 1. The van der Waals surface area contributed by atoms with Crippen LogP contribution in [0.25, 0.3) is 0 Å². The lowest BCUT2D eigenvalue weighted by Crippen LogP contribution is -2.37. The second-order valence-corrected chi connectivity index (χ2v) is 7.35. The Morgan fingerprint density at radius 3 is 2.57 bits per heavy atom. The highest BCUT2D eigenvalue weighted by atomic mass is 32.2. The predicted molar refractivity (Wildman–Crippen MR) is 89.0 cm³/mol. The fourth-order valence-corrected chi connectivity index (χ4v) is 4.13. The number of rotatable bonds is 3. The monoisotopic (exact) mass is 331 g/mol. The van der Waals surface area contributed by atoms with Crippen molar-refractivity contribution in [3.8, 4) is 0 Å². The molecule has 0 bridgehead atoms.